The molecule has 1 spiro atoms. The third-order valence-corrected chi connectivity index (χ3v) is 8.06. The van der Waals surface area contributed by atoms with E-state index in [-0.39, 0.29) is 29.9 Å². The molecule has 208 valence electrons. The third kappa shape index (κ3) is 4.23. The van der Waals surface area contributed by atoms with Crippen LogP contribution in [0.5, 0.6) is 23.0 Å². The molecular weight excluding hydrogens is 520 g/mol. The van der Waals surface area contributed by atoms with Crippen LogP contribution in [0.25, 0.3) is 0 Å². The Labute approximate surface area is 237 Å². The molecule has 0 radical (unpaired) electrons. The largest absolute Gasteiger partial charge is 0.508 e. The molecule has 4 aromatic rings. The van der Waals surface area contributed by atoms with E-state index in [2.05, 4.69) is 11.8 Å². The molecule has 2 heterocycles. The number of phenols is 2. The first-order valence-electron chi connectivity index (χ1n) is 13.4. The van der Waals surface area contributed by atoms with Crippen molar-refractivity contribution in [1.82, 2.24) is 0 Å². The van der Waals surface area contributed by atoms with Crippen LogP contribution >= 0.6 is 0 Å². The van der Waals surface area contributed by atoms with Gasteiger partial charge in [0.2, 0.25) is 5.91 Å². The summed E-state index contributed by atoms with van der Waals surface area (Å²) in [5, 5.41) is 20.4. The van der Waals surface area contributed by atoms with Crippen LogP contribution in [0.2, 0.25) is 0 Å². The van der Waals surface area contributed by atoms with Crippen molar-refractivity contribution >= 4 is 17.6 Å². The number of nitrogens with zero attached hydrogens (tertiary/aromatic N) is 1. The van der Waals surface area contributed by atoms with Crippen molar-refractivity contribution < 1.29 is 29.3 Å². The van der Waals surface area contributed by atoms with Gasteiger partial charge in [-0.25, -0.2) is 4.79 Å². The normalized spacial score (nSPS) is 14.9. The fourth-order valence-corrected chi connectivity index (χ4v) is 6.02. The average molecular weight is 551 g/mol. The number of aryl methyl sites for hydroxylation is 1. The molecule has 4 aromatic carbocycles. The lowest BCUT2D eigenvalue weighted by atomic mass is 9.77. The zero-order valence-corrected chi connectivity index (χ0v) is 23.0. The summed E-state index contributed by atoms with van der Waals surface area (Å²) < 4.78 is 12.4. The average Bonchev–Trinajstić information content (AvgIpc) is 3.21. The van der Waals surface area contributed by atoms with E-state index in [1.165, 1.54) is 12.1 Å². The number of hydrogen-bond donors (Lipinski definition) is 3. The molecule has 2 aliphatic rings. The molecule has 0 aromatic heterocycles. The van der Waals surface area contributed by atoms with Crippen LogP contribution in [-0.2, 0) is 28.0 Å². The van der Waals surface area contributed by atoms with Gasteiger partial charge in [0.15, 0.2) is 5.60 Å². The van der Waals surface area contributed by atoms with Gasteiger partial charge in [0.1, 0.15) is 23.0 Å². The number of rotatable bonds is 6. The minimum Gasteiger partial charge on any atom is -0.508 e. The molecule has 8 heteroatoms. The Morgan fingerprint density at radius 1 is 0.902 bits per heavy atom. The fourth-order valence-electron chi connectivity index (χ4n) is 6.02. The van der Waals surface area contributed by atoms with Gasteiger partial charge >= 0.3 is 5.97 Å². The minimum atomic E-state index is -1.32. The van der Waals surface area contributed by atoms with Crippen molar-refractivity contribution in [3.8, 4) is 23.0 Å². The molecule has 0 bridgehead atoms. The van der Waals surface area contributed by atoms with Crippen molar-refractivity contribution in [2.75, 3.05) is 11.9 Å². The summed E-state index contributed by atoms with van der Waals surface area (Å²) in [5.41, 5.74) is 9.96. The van der Waals surface area contributed by atoms with E-state index in [1.807, 2.05) is 50.4 Å². The second kappa shape index (κ2) is 9.59. The molecule has 0 saturated carbocycles. The van der Waals surface area contributed by atoms with Gasteiger partial charge in [-0.05, 0) is 61.2 Å². The zero-order chi connectivity index (χ0) is 29.1. The summed E-state index contributed by atoms with van der Waals surface area (Å²) in [6.45, 7) is 4.06. The summed E-state index contributed by atoms with van der Waals surface area (Å²) in [6.07, 6.45) is 0.903. The number of hydrogen-bond acceptors (Lipinski definition) is 7. The van der Waals surface area contributed by atoms with Crippen molar-refractivity contribution in [3.05, 3.63) is 112 Å². The van der Waals surface area contributed by atoms with Crippen LogP contribution in [0.1, 0.15) is 50.7 Å². The summed E-state index contributed by atoms with van der Waals surface area (Å²) in [4.78, 5) is 27.2. The predicted molar refractivity (Wildman–Crippen MR) is 154 cm³/mol. The number of carbonyl (C=O) groups is 2. The minimum absolute atomic E-state index is 0.00728. The number of esters is 1. The van der Waals surface area contributed by atoms with Gasteiger partial charge in [0.05, 0.1) is 17.7 Å². The molecule has 4 N–H and O–H groups in total. The SMILES string of the molecule is Cc1ccc2c(c1N(C)C(C)Cc1ccc(CC(N)=O)cc1)C(=O)OC21c2ccc(O)cc2Oc2cc(O)ccc21. The van der Waals surface area contributed by atoms with E-state index in [1.54, 1.807) is 24.3 Å². The number of benzene rings is 4. The summed E-state index contributed by atoms with van der Waals surface area (Å²) in [6, 6.07) is 21.2. The van der Waals surface area contributed by atoms with E-state index in [9.17, 15) is 19.8 Å². The lowest BCUT2D eigenvalue weighted by Gasteiger charge is -2.36. The predicted octanol–water partition coefficient (Wildman–Crippen LogP) is 5.07. The molecule has 1 atom stereocenters. The number of likely N-dealkylation sites (N-methyl/N-ethyl adjacent to an activating group) is 1. The maximum atomic E-state index is 13.9. The van der Waals surface area contributed by atoms with Crippen LogP contribution in [0.4, 0.5) is 5.69 Å². The van der Waals surface area contributed by atoms with Gasteiger partial charge < -0.3 is 30.3 Å². The number of anilines is 1. The maximum absolute atomic E-state index is 13.9. The number of nitrogens with two attached hydrogens (primary N) is 1. The monoisotopic (exact) mass is 550 g/mol. The smallest absolute Gasteiger partial charge is 0.342 e. The first-order chi connectivity index (χ1) is 19.6. The van der Waals surface area contributed by atoms with Crippen LogP contribution in [0.15, 0.2) is 72.8 Å². The molecule has 6 rings (SSSR count). The molecule has 8 nitrogen and oxygen atoms in total. The van der Waals surface area contributed by atoms with Gasteiger partial charge in [0.25, 0.3) is 0 Å². The van der Waals surface area contributed by atoms with Crippen LogP contribution in [-0.4, -0.2) is 35.2 Å². The Balaban J connectivity index is 1.44. The van der Waals surface area contributed by atoms with Gasteiger partial charge in [0, 0.05) is 41.9 Å². The Hall–Kier alpha value is -4.98. The third-order valence-electron chi connectivity index (χ3n) is 8.06. The summed E-state index contributed by atoms with van der Waals surface area (Å²) >= 11 is 0. The molecule has 0 aliphatic carbocycles. The topological polar surface area (TPSA) is 122 Å². The molecule has 41 heavy (non-hydrogen) atoms. The first-order valence-corrected chi connectivity index (χ1v) is 13.4. The number of primary amides is 1. The number of aromatic hydroxyl groups is 2. The van der Waals surface area contributed by atoms with E-state index in [0.717, 1.165) is 22.4 Å². The number of ether oxygens (including phenoxy) is 2. The molecule has 0 fully saturated rings. The standard InChI is InChI=1S/C33H30N2O6/c1-18-4-11-26-30(31(18)35(3)19(2)14-20-5-7-21(8-6-20)15-29(34)38)32(39)41-33(26)24-12-9-22(36)16-27(24)40-28-17-23(37)10-13-25(28)33/h4-13,16-17,19,36-37H,14-15H2,1-3H3,(H2,34,38). The highest BCUT2D eigenvalue weighted by Crippen LogP contribution is 2.58. The number of fused-ring (bicyclic) bond motifs is 6. The van der Waals surface area contributed by atoms with Crippen molar-refractivity contribution in [1.29, 1.82) is 0 Å². The molecule has 0 saturated heterocycles. The van der Waals surface area contributed by atoms with E-state index in [4.69, 9.17) is 15.2 Å². The van der Waals surface area contributed by atoms with Crippen LogP contribution in [0.3, 0.4) is 0 Å². The van der Waals surface area contributed by atoms with Crippen molar-refractivity contribution in [2.45, 2.75) is 38.3 Å². The van der Waals surface area contributed by atoms with Crippen molar-refractivity contribution in [3.63, 3.8) is 0 Å². The fraction of sp³-hybridized carbons (Fsp3) is 0.212. The number of amides is 1. The molecular formula is C33H30N2O6. The second-order valence-electron chi connectivity index (χ2n) is 10.8. The lowest BCUT2D eigenvalue weighted by molar-refractivity contribution is -0.117. The zero-order valence-electron chi connectivity index (χ0n) is 23.0. The van der Waals surface area contributed by atoms with Crippen molar-refractivity contribution in [2.24, 2.45) is 5.73 Å². The molecule has 1 unspecified atom stereocenters. The maximum Gasteiger partial charge on any atom is 0.342 e. The van der Waals surface area contributed by atoms with Gasteiger partial charge in [-0.15, -0.1) is 0 Å². The first kappa shape index (κ1) is 26.3. The Morgan fingerprint density at radius 2 is 1.46 bits per heavy atom. The van der Waals surface area contributed by atoms with Gasteiger partial charge in [-0.2, -0.15) is 0 Å². The van der Waals surface area contributed by atoms with Gasteiger partial charge in [-0.1, -0.05) is 36.4 Å². The van der Waals surface area contributed by atoms with E-state index >= 15 is 0 Å². The van der Waals surface area contributed by atoms with Crippen LogP contribution in [0, 0.1) is 6.92 Å². The molecule has 2 aliphatic heterocycles. The number of phenolic OH excluding ortho intramolecular Hbond substituents is 2. The Kier molecular flexibility index (Phi) is 6.14. The van der Waals surface area contributed by atoms with Crippen LogP contribution < -0.4 is 15.4 Å². The quantitative estimate of drug-likeness (QED) is 0.287. The number of carbonyl (C=O) groups excluding carboxylic acids is 2. The Morgan fingerprint density at radius 3 is 2.05 bits per heavy atom. The summed E-state index contributed by atoms with van der Waals surface area (Å²) in [7, 11) is 1.97. The van der Waals surface area contributed by atoms with E-state index < -0.39 is 11.6 Å². The lowest BCUT2D eigenvalue weighted by Crippen LogP contribution is -2.33. The highest BCUT2D eigenvalue weighted by atomic mass is 16.6. The Bertz CT molecular complexity index is 1660. The summed E-state index contributed by atoms with van der Waals surface area (Å²) in [5.74, 6) is -0.138. The van der Waals surface area contributed by atoms with E-state index in [0.29, 0.717) is 40.2 Å². The van der Waals surface area contributed by atoms with Gasteiger partial charge in [-0.3, -0.25) is 4.79 Å². The highest BCUT2D eigenvalue weighted by Gasteiger charge is 2.55. The highest BCUT2D eigenvalue weighted by molar-refractivity contribution is 6.03. The molecule has 1 amide bonds. The second-order valence-corrected chi connectivity index (χ2v) is 10.8.